The van der Waals surface area contributed by atoms with Gasteiger partial charge in [-0.05, 0) is 68.1 Å². The van der Waals surface area contributed by atoms with Crippen LogP contribution in [0.1, 0.15) is 62.6 Å². The van der Waals surface area contributed by atoms with E-state index < -0.39 is 0 Å². The lowest BCUT2D eigenvalue weighted by molar-refractivity contribution is 0.321. The summed E-state index contributed by atoms with van der Waals surface area (Å²) in [6.07, 6.45) is 7.37. The minimum Gasteiger partial charge on any atom is -0.325 e. The van der Waals surface area contributed by atoms with E-state index in [1.807, 2.05) is 0 Å². The summed E-state index contributed by atoms with van der Waals surface area (Å²) in [5, 5.41) is 0. The molecular formula is C19H31N. The van der Waals surface area contributed by atoms with Crippen LogP contribution >= 0.6 is 0 Å². The third-order valence-corrected chi connectivity index (χ3v) is 5.33. The molecule has 1 aliphatic rings. The summed E-state index contributed by atoms with van der Waals surface area (Å²) in [7, 11) is 0. The molecular weight excluding hydrogens is 242 g/mol. The van der Waals surface area contributed by atoms with E-state index in [1.165, 1.54) is 48.8 Å². The number of hydrogen-bond donors (Lipinski definition) is 1. The first kappa shape index (κ1) is 15.6. The maximum atomic E-state index is 6.74. The van der Waals surface area contributed by atoms with Crippen LogP contribution in [-0.2, 0) is 6.42 Å². The molecule has 112 valence electrons. The molecule has 0 bridgehead atoms. The van der Waals surface area contributed by atoms with E-state index in [0.29, 0.717) is 0 Å². The van der Waals surface area contributed by atoms with Gasteiger partial charge in [-0.15, -0.1) is 0 Å². The summed E-state index contributed by atoms with van der Waals surface area (Å²) < 4.78 is 0. The van der Waals surface area contributed by atoms with Gasteiger partial charge in [0.2, 0.25) is 0 Å². The SMILES string of the molecule is Cc1ccc(CC2(N)CCCC(C(C)C)CC2)cc1C. The molecule has 2 unspecified atom stereocenters. The molecule has 1 aromatic rings. The summed E-state index contributed by atoms with van der Waals surface area (Å²) in [5.74, 6) is 1.68. The summed E-state index contributed by atoms with van der Waals surface area (Å²) in [4.78, 5) is 0. The summed E-state index contributed by atoms with van der Waals surface area (Å²) in [5.41, 5.74) is 10.9. The van der Waals surface area contributed by atoms with Crippen molar-refractivity contribution in [3.8, 4) is 0 Å². The van der Waals surface area contributed by atoms with Gasteiger partial charge >= 0.3 is 0 Å². The van der Waals surface area contributed by atoms with Crippen molar-refractivity contribution >= 4 is 0 Å². The first-order chi connectivity index (χ1) is 9.39. The normalized spacial score (nSPS) is 27.6. The van der Waals surface area contributed by atoms with Crippen LogP contribution in [0, 0.1) is 25.7 Å². The first-order valence-electron chi connectivity index (χ1n) is 8.25. The topological polar surface area (TPSA) is 26.0 Å². The van der Waals surface area contributed by atoms with Crippen molar-refractivity contribution in [3.05, 3.63) is 34.9 Å². The number of nitrogens with two attached hydrogens (primary N) is 1. The molecule has 1 aromatic carbocycles. The smallest absolute Gasteiger partial charge is 0.0195 e. The van der Waals surface area contributed by atoms with Gasteiger partial charge in [0.05, 0.1) is 0 Å². The number of benzene rings is 1. The predicted molar refractivity (Wildman–Crippen MR) is 88.0 cm³/mol. The standard InChI is InChI=1S/C19H31N/c1-14(2)18-6-5-10-19(20,11-9-18)13-17-8-7-15(3)16(4)12-17/h7-8,12,14,18H,5-6,9-11,13,20H2,1-4H3. The first-order valence-corrected chi connectivity index (χ1v) is 8.25. The fourth-order valence-corrected chi connectivity index (χ4v) is 3.62. The third kappa shape index (κ3) is 3.85. The monoisotopic (exact) mass is 273 g/mol. The van der Waals surface area contributed by atoms with Gasteiger partial charge in [0, 0.05) is 5.54 Å². The molecule has 2 atom stereocenters. The predicted octanol–water partition coefficient (Wildman–Crippen LogP) is 4.78. The minimum atomic E-state index is 0.0192. The second-order valence-electron chi connectivity index (χ2n) is 7.39. The van der Waals surface area contributed by atoms with Gasteiger partial charge in [0.25, 0.3) is 0 Å². The molecule has 0 aliphatic heterocycles. The molecule has 0 spiro atoms. The van der Waals surface area contributed by atoms with E-state index in [9.17, 15) is 0 Å². The molecule has 0 aromatic heterocycles. The number of hydrogen-bond acceptors (Lipinski definition) is 1. The molecule has 1 fully saturated rings. The van der Waals surface area contributed by atoms with Gasteiger partial charge < -0.3 is 5.73 Å². The molecule has 2 rings (SSSR count). The van der Waals surface area contributed by atoms with E-state index in [1.54, 1.807) is 0 Å². The van der Waals surface area contributed by atoms with E-state index in [-0.39, 0.29) is 5.54 Å². The van der Waals surface area contributed by atoms with Crippen LogP contribution in [0.4, 0.5) is 0 Å². The van der Waals surface area contributed by atoms with Crippen LogP contribution in [0.15, 0.2) is 18.2 Å². The largest absolute Gasteiger partial charge is 0.325 e. The second-order valence-corrected chi connectivity index (χ2v) is 7.39. The van der Waals surface area contributed by atoms with Gasteiger partial charge in [0.15, 0.2) is 0 Å². The maximum Gasteiger partial charge on any atom is 0.0195 e. The van der Waals surface area contributed by atoms with Crippen molar-refractivity contribution in [2.75, 3.05) is 0 Å². The van der Waals surface area contributed by atoms with Gasteiger partial charge in [-0.3, -0.25) is 0 Å². The van der Waals surface area contributed by atoms with E-state index >= 15 is 0 Å². The van der Waals surface area contributed by atoms with Crippen LogP contribution in [0.3, 0.4) is 0 Å². The second kappa shape index (κ2) is 6.30. The molecule has 1 heteroatoms. The van der Waals surface area contributed by atoms with Crippen molar-refractivity contribution in [3.63, 3.8) is 0 Å². The van der Waals surface area contributed by atoms with Gasteiger partial charge in [-0.25, -0.2) is 0 Å². The summed E-state index contributed by atoms with van der Waals surface area (Å²) in [6.45, 7) is 9.09. The highest BCUT2D eigenvalue weighted by atomic mass is 14.7. The molecule has 1 nitrogen and oxygen atoms in total. The molecule has 20 heavy (non-hydrogen) atoms. The minimum absolute atomic E-state index is 0.0192. The van der Waals surface area contributed by atoms with E-state index in [2.05, 4.69) is 45.9 Å². The average molecular weight is 273 g/mol. The van der Waals surface area contributed by atoms with Crippen molar-refractivity contribution in [1.82, 2.24) is 0 Å². The van der Waals surface area contributed by atoms with Crippen molar-refractivity contribution < 1.29 is 0 Å². The van der Waals surface area contributed by atoms with E-state index in [0.717, 1.165) is 18.3 Å². The van der Waals surface area contributed by atoms with Gasteiger partial charge in [0.1, 0.15) is 0 Å². The Labute approximate surface area is 125 Å². The third-order valence-electron chi connectivity index (χ3n) is 5.33. The Balaban J connectivity index is 2.05. The molecule has 0 radical (unpaired) electrons. The maximum absolute atomic E-state index is 6.74. The fraction of sp³-hybridized carbons (Fsp3) is 0.684. The van der Waals surface area contributed by atoms with Crippen LogP contribution in [0.2, 0.25) is 0 Å². The Kier molecular flexibility index (Phi) is 4.90. The zero-order valence-electron chi connectivity index (χ0n) is 13.7. The highest BCUT2D eigenvalue weighted by Crippen LogP contribution is 2.34. The lowest BCUT2D eigenvalue weighted by atomic mass is 9.83. The highest BCUT2D eigenvalue weighted by Gasteiger charge is 2.30. The highest BCUT2D eigenvalue weighted by molar-refractivity contribution is 5.31. The Morgan fingerprint density at radius 2 is 1.90 bits per heavy atom. The van der Waals surface area contributed by atoms with Crippen LogP contribution < -0.4 is 5.73 Å². The zero-order valence-corrected chi connectivity index (χ0v) is 13.7. The number of rotatable bonds is 3. The molecule has 1 saturated carbocycles. The van der Waals surface area contributed by atoms with Crippen molar-refractivity contribution in [1.29, 1.82) is 0 Å². The van der Waals surface area contributed by atoms with Crippen molar-refractivity contribution in [2.24, 2.45) is 17.6 Å². The lowest BCUT2D eigenvalue weighted by Gasteiger charge is -2.29. The fourth-order valence-electron chi connectivity index (χ4n) is 3.62. The summed E-state index contributed by atoms with van der Waals surface area (Å²) >= 11 is 0. The quantitative estimate of drug-likeness (QED) is 0.788. The van der Waals surface area contributed by atoms with Crippen LogP contribution in [0.25, 0.3) is 0 Å². The number of aryl methyl sites for hydroxylation is 2. The van der Waals surface area contributed by atoms with Gasteiger partial charge in [-0.1, -0.05) is 44.9 Å². The van der Waals surface area contributed by atoms with Crippen molar-refractivity contribution in [2.45, 2.75) is 71.8 Å². The van der Waals surface area contributed by atoms with Crippen LogP contribution in [0.5, 0.6) is 0 Å². The Morgan fingerprint density at radius 3 is 2.55 bits per heavy atom. The van der Waals surface area contributed by atoms with Gasteiger partial charge in [-0.2, -0.15) is 0 Å². The average Bonchev–Trinajstić information content (AvgIpc) is 2.56. The zero-order chi connectivity index (χ0) is 14.8. The van der Waals surface area contributed by atoms with Crippen LogP contribution in [-0.4, -0.2) is 5.54 Å². The molecule has 2 N–H and O–H groups in total. The van der Waals surface area contributed by atoms with E-state index in [4.69, 9.17) is 5.73 Å². The summed E-state index contributed by atoms with van der Waals surface area (Å²) in [6, 6.07) is 6.83. The Morgan fingerprint density at radius 1 is 1.15 bits per heavy atom. The molecule has 0 heterocycles. The molecule has 0 saturated heterocycles. The lowest BCUT2D eigenvalue weighted by Crippen LogP contribution is -2.41. The molecule has 0 amide bonds. The Hall–Kier alpha value is -0.820. The Bertz CT molecular complexity index is 449. The molecule has 1 aliphatic carbocycles.